The third kappa shape index (κ3) is 2.69. The van der Waals surface area contributed by atoms with Crippen LogP contribution >= 0.6 is 11.8 Å². The number of fused-ring (bicyclic) bond motifs is 1. The van der Waals surface area contributed by atoms with Crippen molar-refractivity contribution in [2.45, 2.75) is 16.3 Å². The molecule has 0 aliphatic heterocycles. The summed E-state index contributed by atoms with van der Waals surface area (Å²) in [5.41, 5.74) is 7.93. The van der Waals surface area contributed by atoms with Crippen molar-refractivity contribution in [1.29, 1.82) is 0 Å². The Kier molecular flexibility index (Phi) is 3.71. The lowest BCUT2D eigenvalue weighted by molar-refractivity contribution is 0.766. The van der Waals surface area contributed by atoms with Gasteiger partial charge in [0.25, 0.3) is 0 Å². The fourth-order valence-electron chi connectivity index (χ4n) is 2.13. The Labute approximate surface area is 122 Å². The van der Waals surface area contributed by atoms with Crippen LogP contribution in [0.1, 0.15) is 5.56 Å². The summed E-state index contributed by atoms with van der Waals surface area (Å²) < 4.78 is 1.80. The van der Waals surface area contributed by atoms with Gasteiger partial charge >= 0.3 is 0 Å². The van der Waals surface area contributed by atoms with Gasteiger partial charge in [0, 0.05) is 18.6 Å². The van der Waals surface area contributed by atoms with E-state index < -0.39 is 0 Å². The first kappa shape index (κ1) is 13.1. The summed E-state index contributed by atoms with van der Waals surface area (Å²) in [4.78, 5) is 5.86. The minimum absolute atomic E-state index is 0.626. The highest BCUT2D eigenvalue weighted by molar-refractivity contribution is 7.99. The summed E-state index contributed by atoms with van der Waals surface area (Å²) in [5, 5.41) is 6.37. The molecule has 102 valence electrons. The van der Waals surface area contributed by atoms with Gasteiger partial charge in [0.05, 0.1) is 16.6 Å². The second-order valence-corrected chi connectivity index (χ2v) is 5.70. The lowest BCUT2D eigenvalue weighted by Crippen LogP contribution is -2.04. The van der Waals surface area contributed by atoms with Gasteiger partial charge in [0.1, 0.15) is 5.03 Å². The first-order chi connectivity index (χ1) is 9.76. The zero-order valence-electron chi connectivity index (χ0n) is 11.3. The van der Waals surface area contributed by atoms with E-state index in [1.165, 1.54) is 5.56 Å². The quantitative estimate of drug-likeness (QED) is 0.800. The van der Waals surface area contributed by atoms with Gasteiger partial charge in [-0.1, -0.05) is 30.0 Å². The molecule has 5 heteroatoms. The van der Waals surface area contributed by atoms with Crippen molar-refractivity contribution in [3.63, 3.8) is 0 Å². The largest absolute Gasteiger partial charge is 0.330 e. The van der Waals surface area contributed by atoms with Crippen molar-refractivity contribution in [2.24, 2.45) is 12.8 Å². The summed E-state index contributed by atoms with van der Waals surface area (Å²) in [5.74, 6) is 0. The predicted octanol–water partition coefficient (Wildman–Crippen LogP) is 2.62. The Morgan fingerprint density at radius 2 is 2.15 bits per heavy atom. The van der Waals surface area contributed by atoms with E-state index in [2.05, 4.69) is 17.2 Å². The molecular weight excluding hydrogens is 268 g/mol. The summed E-state index contributed by atoms with van der Waals surface area (Å²) in [6.45, 7) is 0.626. The molecule has 0 unspecified atom stereocenters. The minimum atomic E-state index is 0.626. The van der Waals surface area contributed by atoms with Crippen LogP contribution in [0.4, 0.5) is 0 Å². The van der Waals surface area contributed by atoms with Crippen LogP contribution in [-0.4, -0.2) is 21.3 Å². The highest BCUT2D eigenvalue weighted by Crippen LogP contribution is 2.30. The number of hydrogen-bond acceptors (Lipinski definition) is 4. The predicted molar refractivity (Wildman–Crippen MR) is 81.8 cm³/mol. The minimum Gasteiger partial charge on any atom is -0.330 e. The van der Waals surface area contributed by atoms with Gasteiger partial charge in [-0.15, -0.1) is 0 Å². The third-order valence-corrected chi connectivity index (χ3v) is 4.07. The summed E-state index contributed by atoms with van der Waals surface area (Å²) in [7, 11) is 1.92. The Bertz CT molecular complexity index is 736. The van der Waals surface area contributed by atoms with E-state index >= 15 is 0 Å². The van der Waals surface area contributed by atoms with Gasteiger partial charge in [0.2, 0.25) is 0 Å². The summed E-state index contributed by atoms with van der Waals surface area (Å²) in [6.07, 6.45) is 4.68. The molecule has 3 rings (SSSR count). The highest BCUT2D eigenvalue weighted by atomic mass is 32.2. The van der Waals surface area contributed by atoms with Gasteiger partial charge < -0.3 is 5.73 Å². The average molecular weight is 284 g/mol. The zero-order valence-corrected chi connectivity index (χ0v) is 12.1. The van der Waals surface area contributed by atoms with Crippen LogP contribution in [0.15, 0.2) is 52.6 Å². The maximum atomic E-state index is 5.72. The van der Waals surface area contributed by atoms with Crippen LogP contribution in [0.3, 0.4) is 0 Å². The molecule has 0 saturated carbocycles. The zero-order chi connectivity index (χ0) is 13.9. The highest BCUT2D eigenvalue weighted by Gasteiger charge is 2.09. The number of para-hydroxylation sites is 1. The molecule has 2 heterocycles. The Morgan fingerprint density at radius 1 is 1.30 bits per heavy atom. The van der Waals surface area contributed by atoms with Gasteiger partial charge in [0.15, 0.2) is 0 Å². The topological polar surface area (TPSA) is 56.7 Å². The summed E-state index contributed by atoms with van der Waals surface area (Å²) >= 11 is 1.64. The molecular formula is C15H16N4S. The van der Waals surface area contributed by atoms with E-state index in [-0.39, 0.29) is 0 Å². The Morgan fingerprint density at radius 3 is 2.90 bits per heavy atom. The number of aromatic nitrogens is 3. The van der Waals surface area contributed by atoms with E-state index in [1.54, 1.807) is 16.4 Å². The molecule has 4 nitrogen and oxygen atoms in total. The van der Waals surface area contributed by atoms with E-state index in [0.29, 0.717) is 6.54 Å². The van der Waals surface area contributed by atoms with Crippen LogP contribution in [0, 0.1) is 0 Å². The van der Waals surface area contributed by atoms with Crippen molar-refractivity contribution in [3.8, 4) is 0 Å². The molecule has 0 fully saturated rings. The molecule has 20 heavy (non-hydrogen) atoms. The van der Waals surface area contributed by atoms with E-state index in [9.17, 15) is 0 Å². The van der Waals surface area contributed by atoms with Crippen LogP contribution in [0.5, 0.6) is 0 Å². The standard InChI is InChI=1S/C15H16N4S/c1-19-10-13(9-17-19)20-15-12(6-7-16)8-11-4-2-3-5-14(11)18-15/h2-5,8-10H,6-7,16H2,1H3. The third-order valence-electron chi connectivity index (χ3n) is 3.07. The molecule has 0 aliphatic rings. The van der Waals surface area contributed by atoms with Crippen molar-refractivity contribution < 1.29 is 0 Å². The fraction of sp³-hybridized carbons (Fsp3) is 0.200. The van der Waals surface area contributed by atoms with Crippen molar-refractivity contribution >= 4 is 22.7 Å². The van der Waals surface area contributed by atoms with E-state index in [4.69, 9.17) is 10.7 Å². The smallest absolute Gasteiger partial charge is 0.105 e. The van der Waals surface area contributed by atoms with Crippen molar-refractivity contribution in [3.05, 3.63) is 48.3 Å². The molecule has 0 saturated heterocycles. The second-order valence-electron chi connectivity index (χ2n) is 4.64. The van der Waals surface area contributed by atoms with E-state index in [0.717, 1.165) is 27.2 Å². The first-order valence-electron chi connectivity index (χ1n) is 6.51. The van der Waals surface area contributed by atoms with Gasteiger partial charge in [-0.05, 0) is 30.7 Å². The summed E-state index contributed by atoms with van der Waals surface area (Å²) in [6, 6.07) is 10.4. The fourth-order valence-corrected chi connectivity index (χ4v) is 3.09. The number of hydrogen-bond donors (Lipinski definition) is 1. The molecule has 0 atom stereocenters. The molecule has 2 aromatic heterocycles. The van der Waals surface area contributed by atoms with Crippen LogP contribution in [-0.2, 0) is 13.5 Å². The van der Waals surface area contributed by atoms with Gasteiger partial charge in [-0.3, -0.25) is 4.68 Å². The molecule has 0 spiro atoms. The maximum absolute atomic E-state index is 5.72. The maximum Gasteiger partial charge on any atom is 0.105 e. The number of benzene rings is 1. The molecule has 0 aliphatic carbocycles. The average Bonchev–Trinajstić information content (AvgIpc) is 2.85. The number of pyridine rings is 1. The first-order valence-corrected chi connectivity index (χ1v) is 7.33. The van der Waals surface area contributed by atoms with Crippen LogP contribution in [0.25, 0.3) is 10.9 Å². The van der Waals surface area contributed by atoms with Crippen molar-refractivity contribution in [1.82, 2.24) is 14.8 Å². The SMILES string of the molecule is Cn1cc(Sc2nc3ccccc3cc2CCN)cn1. The van der Waals surface area contributed by atoms with E-state index in [1.807, 2.05) is 37.6 Å². The molecule has 3 aromatic rings. The van der Waals surface area contributed by atoms with Gasteiger partial charge in [-0.2, -0.15) is 5.10 Å². The normalized spacial score (nSPS) is 11.1. The number of nitrogens with zero attached hydrogens (tertiary/aromatic N) is 3. The Hall–Kier alpha value is -1.85. The number of rotatable bonds is 4. The molecule has 0 amide bonds. The van der Waals surface area contributed by atoms with Crippen LogP contribution in [0.2, 0.25) is 0 Å². The van der Waals surface area contributed by atoms with Gasteiger partial charge in [-0.25, -0.2) is 4.98 Å². The lowest BCUT2D eigenvalue weighted by Gasteiger charge is -2.08. The Balaban J connectivity index is 2.04. The second kappa shape index (κ2) is 5.64. The lowest BCUT2D eigenvalue weighted by atomic mass is 10.1. The van der Waals surface area contributed by atoms with Crippen LogP contribution < -0.4 is 5.73 Å². The molecule has 0 radical (unpaired) electrons. The molecule has 0 bridgehead atoms. The molecule has 2 N–H and O–H groups in total. The number of aryl methyl sites for hydroxylation is 1. The van der Waals surface area contributed by atoms with Crippen molar-refractivity contribution in [2.75, 3.05) is 6.54 Å². The monoisotopic (exact) mass is 284 g/mol. The molecule has 1 aromatic carbocycles. The number of nitrogens with two attached hydrogens (primary N) is 1.